The maximum atomic E-state index is 12.2. The Balaban J connectivity index is 1.58. The maximum Gasteiger partial charge on any atom is 0.262 e. The molecule has 1 N–H and O–H groups in total. The van der Waals surface area contributed by atoms with Crippen LogP contribution in [0.2, 0.25) is 0 Å². The minimum Gasteiger partial charge on any atom is -0.441 e. The first-order chi connectivity index (χ1) is 12.8. The van der Waals surface area contributed by atoms with Gasteiger partial charge in [-0.2, -0.15) is 5.26 Å². The van der Waals surface area contributed by atoms with Crippen molar-refractivity contribution < 1.29 is 9.21 Å². The topological polar surface area (TPSA) is 69.3 Å². The minimum atomic E-state index is -0.376. The number of hydrogen-bond donors (Lipinski definition) is 1. The molecule has 1 fully saturated rings. The largest absolute Gasteiger partial charge is 0.441 e. The molecule has 0 radical (unpaired) electrons. The Kier molecular flexibility index (Phi) is 6.10. The molecule has 0 spiro atoms. The summed E-state index contributed by atoms with van der Waals surface area (Å²) in [5, 5.41) is 12.1. The van der Waals surface area contributed by atoms with Gasteiger partial charge in [-0.25, -0.2) is 0 Å². The highest BCUT2D eigenvalue weighted by Crippen LogP contribution is 2.23. The number of anilines is 1. The predicted octanol–water partition coefficient (Wildman–Crippen LogP) is 3.54. The van der Waals surface area contributed by atoms with Crippen LogP contribution in [0.4, 0.5) is 5.88 Å². The van der Waals surface area contributed by atoms with E-state index in [1.165, 1.54) is 25.3 Å². The fourth-order valence-corrected chi connectivity index (χ4v) is 3.06. The molecule has 3 rings (SSSR count). The summed E-state index contributed by atoms with van der Waals surface area (Å²) in [4.78, 5) is 14.4. The van der Waals surface area contributed by atoms with Gasteiger partial charge in [0, 0.05) is 31.8 Å². The van der Waals surface area contributed by atoms with Crippen molar-refractivity contribution in [1.82, 2.24) is 5.32 Å². The Morgan fingerprint density at radius 2 is 1.92 bits per heavy atom. The second-order valence-electron chi connectivity index (χ2n) is 6.39. The molecule has 0 unspecified atom stereocenters. The van der Waals surface area contributed by atoms with Crippen LogP contribution in [-0.2, 0) is 11.2 Å². The van der Waals surface area contributed by atoms with Crippen LogP contribution >= 0.6 is 0 Å². The fourth-order valence-electron chi connectivity index (χ4n) is 3.06. The third-order valence-corrected chi connectivity index (χ3v) is 4.47. The zero-order valence-corrected chi connectivity index (χ0v) is 14.8. The third kappa shape index (κ3) is 4.76. The number of carbonyl (C=O) groups is 1. The van der Waals surface area contributed by atoms with Crippen LogP contribution in [0.15, 0.2) is 52.5 Å². The molecule has 1 saturated heterocycles. The van der Waals surface area contributed by atoms with Crippen molar-refractivity contribution in [2.45, 2.75) is 25.7 Å². The number of rotatable bonds is 6. The van der Waals surface area contributed by atoms with Gasteiger partial charge in [0.05, 0.1) is 0 Å². The van der Waals surface area contributed by atoms with Crippen molar-refractivity contribution >= 4 is 17.9 Å². The molecule has 134 valence electrons. The lowest BCUT2D eigenvalue weighted by molar-refractivity contribution is -0.117. The van der Waals surface area contributed by atoms with E-state index < -0.39 is 0 Å². The summed E-state index contributed by atoms with van der Waals surface area (Å²) in [6.07, 6.45) is 5.82. The fraction of sp³-hybridized carbons (Fsp3) is 0.333. The van der Waals surface area contributed by atoms with Crippen molar-refractivity contribution in [1.29, 1.82) is 5.26 Å². The molecule has 1 aromatic heterocycles. The van der Waals surface area contributed by atoms with Crippen LogP contribution in [0.5, 0.6) is 0 Å². The molecule has 5 heteroatoms. The van der Waals surface area contributed by atoms with E-state index in [0.29, 0.717) is 12.3 Å². The van der Waals surface area contributed by atoms with Gasteiger partial charge in [0.1, 0.15) is 17.4 Å². The smallest absolute Gasteiger partial charge is 0.262 e. The van der Waals surface area contributed by atoms with E-state index in [4.69, 9.17) is 4.42 Å². The van der Waals surface area contributed by atoms with Crippen LogP contribution in [0.25, 0.3) is 6.08 Å². The van der Waals surface area contributed by atoms with E-state index in [0.717, 1.165) is 31.0 Å². The van der Waals surface area contributed by atoms with E-state index in [1.54, 1.807) is 6.07 Å². The van der Waals surface area contributed by atoms with Gasteiger partial charge in [0.15, 0.2) is 5.88 Å². The van der Waals surface area contributed by atoms with Crippen LogP contribution < -0.4 is 10.2 Å². The second-order valence-corrected chi connectivity index (χ2v) is 6.39. The van der Waals surface area contributed by atoms with Gasteiger partial charge < -0.3 is 14.6 Å². The molecule has 26 heavy (non-hydrogen) atoms. The summed E-state index contributed by atoms with van der Waals surface area (Å²) in [5.74, 6) is 0.956. The number of nitriles is 1. The Labute approximate surface area is 153 Å². The van der Waals surface area contributed by atoms with E-state index in [2.05, 4.69) is 10.2 Å². The van der Waals surface area contributed by atoms with Crippen molar-refractivity contribution in [3.8, 4) is 6.07 Å². The molecule has 0 saturated carbocycles. The number of nitrogens with zero attached hydrogens (tertiary/aromatic N) is 2. The maximum absolute atomic E-state index is 12.2. The SMILES string of the molecule is N#C/C(=C/c1ccc(N2CCCCC2)o1)C(=O)NCCc1ccccc1. The Morgan fingerprint density at radius 1 is 1.15 bits per heavy atom. The summed E-state index contributed by atoms with van der Waals surface area (Å²) in [5.41, 5.74) is 1.20. The number of furan rings is 1. The highest BCUT2D eigenvalue weighted by molar-refractivity contribution is 6.01. The zero-order valence-electron chi connectivity index (χ0n) is 14.8. The van der Waals surface area contributed by atoms with Gasteiger partial charge in [0.2, 0.25) is 0 Å². The van der Waals surface area contributed by atoms with Gasteiger partial charge in [-0.1, -0.05) is 30.3 Å². The van der Waals surface area contributed by atoms with Crippen LogP contribution in [0.3, 0.4) is 0 Å². The molecule has 1 aromatic carbocycles. The number of carbonyl (C=O) groups excluding carboxylic acids is 1. The van der Waals surface area contributed by atoms with Crippen LogP contribution in [-0.4, -0.2) is 25.5 Å². The lowest BCUT2D eigenvalue weighted by Gasteiger charge is -2.25. The summed E-state index contributed by atoms with van der Waals surface area (Å²) in [7, 11) is 0. The summed E-state index contributed by atoms with van der Waals surface area (Å²) >= 11 is 0. The Bertz CT molecular complexity index is 796. The van der Waals surface area contributed by atoms with Gasteiger partial charge in [-0.3, -0.25) is 4.79 Å². The normalized spacial score (nSPS) is 14.7. The lowest BCUT2D eigenvalue weighted by atomic mass is 10.1. The Morgan fingerprint density at radius 3 is 2.65 bits per heavy atom. The third-order valence-electron chi connectivity index (χ3n) is 4.47. The number of hydrogen-bond acceptors (Lipinski definition) is 4. The number of amides is 1. The average Bonchev–Trinajstić information content (AvgIpc) is 3.16. The van der Waals surface area contributed by atoms with Gasteiger partial charge in [0.25, 0.3) is 5.91 Å². The van der Waals surface area contributed by atoms with E-state index in [9.17, 15) is 10.1 Å². The molecule has 0 atom stereocenters. The molecular weight excluding hydrogens is 326 g/mol. The second kappa shape index (κ2) is 8.91. The molecule has 2 aromatic rings. The van der Waals surface area contributed by atoms with E-state index >= 15 is 0 Å². The van der Waals surface area contributed by atoms with Crippen molar-refractivity contribution in [2.75, 3.05) is 24.5 Å². The van der Waals surface area contributed by atoms with Crippen LogP contribution in [0.1, 0.15) is 30.6 Å². The average molecular weight is 349 g/mol. The van der Waals surface area contributed by atoms with Gasteiger partial charge in [-0.05, 0) is 37.3 Å². The van der Waals surface area contributed by atoms with Crippen molar-refractivity contribution in [2.24, 2.45) is 0 Å². The van der Waals surface area contributed by atoms with E-state index in [1.807, 2.05) is 42.5 Å². The Hall–Kier alpha value is -3.00. The number of benzene rings is 1. The molecular formula is C21H23N3O2. The van der Waals surface area contributed by atoms with Gasteiger partial charge in [-0.15, -0.1) is 0 Å². The summed E-state index contributed by atoms with van der Waals surface area (Å²) in [6.45, 7) is 2.46. The molecule has 5 nitrogen and oxygen atoms in total. The van der Waals surface area contributed by atoms with Gasteiger partial charge >= 0.3 is 0 Å². The monoisotopic (exact) mass is 349 g/mol. The predicted molar refractivity (Wildman–Crippen MR) is 102 cm³/mol. The number of nitrogens with one attached hydrogen (secondary N) is 1. The zero-order chi connectivity index (χ0) is 18.2. The summed E-state index contributed by atoms with van der Waals surface area (Å²) in [6, 6.07) is 15.6. The summed E-state index contributed by atoms with van der Waals surface area (Å²) < 4.78 is 5.80. The van der Waals surface area contributed by atoms with Crippen molar-refractivity contribution in [3.05, 3.63) is 59.4 Å². The molecule has 0 aliphatic carbocycles. The van der Waals surface area contributed by atoms with E-state index in [-0.39, 0.29) is 11.5 Å². The lowest BCUT2D eigenvalue weighted by Crippen LogP contribution is -2.28. The molecule has 1 amide bonds. The highest BCUT2D eigenvalue weighted by atomic mass is 16.4. The molecule has 2 heterocycles. The quantitative estimate of drug-likeness (QED) is 0.640. The minimum absolute atomic E-state index is 0.0533. The molecule has 1 aliphatic heterocycles. The first-order valence-corrected chi connectivity index (χ1v) is 9.05. The first kappa shape index (κ1) is 17.8. The standard InChI is InChI=1S/C21H23N3O2/c22-16-18(21(25)23-12-11-17-7-3-1-4-8-17)15-19-9-10-20(26-19)24-13-5-2-6-14-24/h1,3-4,7-10,15H,2,5-6,11-14H2,(H,23,25)/b18-15-. The first-order valence-electron chi connectivity index (χ1n) is 9.05. The van der Waals surface area contributed by atoms with Crippen LogP contribution in [0, 0.1) is 11.3 Å². The number of piperidine rings is 1. The van der Waals surface area contributed by atoms with Crippen molar-refractivity contribution in [3.63, 3.8) is 0 Å². The highest BCUT2D eigenvalue weighted by Gasteiger charge is 2.15. The molecule has 0 bridgehead atoms. The molecule has 1 aliphatic rings.